The Labute approximate surface area is 155 Å². The zero-order valence-electron chi connectivity index (χ0n) is 15.5. The fraction of sp³-hybridized carbons (Fsp3) is 0.524. The minimum Gasteiger partial charge on any atom is -0.326 e. The molecule has 3 heterocycles. The van der Waals surface area contributed by atoms with Crippen LogP contribution >= 0.6 is 0 Å². The third-order valence-corrected chi connectivity index (χ3v) is 6.70. The predicted octanol–water partition coefficient (Wildman–Crippen LogP) is 2.76. The van der Waals surface area contributed by atoms with Crippen LogP contribution in [0.3, 0.4) is 0 Å². The van der Waals surface area contributed by atoms with Crippen LogP contribution in [0.5, 0.6) is 0 Å². The molecule has 1 spiro atoms. The fourth-order valence-corrected chi connectivity index (χ4v) is 5.40. The van der Waals surface area contributed by atoms with Crippen molar-refractivity contribution in [3.63, 3.8) is 0 Å². The average Bonchev–Trinajstić information content (AvgIpc) is 3.22. The summed E-state index contributed by atoms with van der Waals surface area (Å²) >= 11 is 0. The number of fused-ring (bicyclic) bond motifs is 3. The van der Waals surface area contributed by atoms with E-state index < -0.39 is 0 Å². The summed E-state index contributed by atoms with van der Waals surface area (Å²) in [5.74, 6) is 1.66. The Morgan fingerprint density at radius 1 is 1.27 bits per heavy atom. The molecule has 1 aliphatic carbocycles. The number of nitrogens with zero attached hydrogens (tertiary/aromatic N) is 3. The van der Waals surface area contributed by atoms with Crippen molar-refractivity contribution in [1.29, 1.82) is 0 Å². The number of rotatable bonds is 2. The molecule has 0 bridgehead atoms. The minimum absolute atomic E-state index is 0.191. The van der Waals surface area contributed by atoms with Crippen LogP contribution in [0, 0.1) is 0 Å². The van der Waals surface area contributed by atoms with Gasteiger partial charge in [0.05, 0.1) is 0 Å². The first-order chi connectivity index (χ1) is 12.7. The van der Waals surface area contributed by atoms with E-state index in [1.165, 1.54) is 34.5 Å². The van der Waals surface area contributed by atoms with Gasteiger partial charge in [-0.1, -0.05) is 19.1 Å². The first-order valence-electron chi connectivity index (χ1n) is 9.88. The maximum absolute atomic E-state index is 6.15. The molecule has 1 aromatic heterocycles. The van der Waals surface area contributed by atoms with Gasteiger partial charge < -0.3 is 16.0 Å². The van der Waals surface area contributed by atoms with Gasteiger partial charge in [-0.05, 0) is 61.9 Å². The number of aromatic nitrogens is 2. The highest BCUT2D eigenvalue weighted by molar-refractivity contribution is 5.75. The van der Waals surface area contributed by atoms with Crippen LogP contribution in [-0.4, -0.2) is 29.6 Å². The molecule has 136 valence electrons. The second-order valence-electron chi connectivity index (χ2n) is 8.13. The topological polar surface area (TPSA) is 67.1 Å². The molecule has 1 saturated heterocycles. The second kappa shape index (κ2) is 6.03. The number of hydrogen-bond donors (Lipinski definition) is 2. The quantitative estimate of drug-likeness (QED) is 0.873. The largest absolute Gasteiger partial charge is 0.326 e. The summed E-state index contributed by atoms with van der Waals surface area (Å²) in [7, 11) is 0. The van der Waals surface area contributed by atoms with Gasteiger partial charge in [0.2, 0.25) is 0 Å². The van der Waals surface area contributed by atoms with E-state index in [1.54, 1.807) is 6.33 Å². The van der Waals surface area contributed by atoms with Crippen LogP contribution in [0.25, 0.3) is 0 Å². The van der Waals surface area contributed by atoms with Crippen LogP contribution in [0.2, 0.25) is 0 Å². The van der Waals surface area contributed by atoms with E-state index in [1.807, 2.05) is 0 Å². The van der Waals surface area contributed by atoms with Gasteiger partial charge in [-0.2, -0.15) is 0 Å². The van der Waals surface area contributed by atoms with E-state index in [0.29, 0.717) is 12.5 Å². The number of aryl methyl sites for hydroxylation is 1. The fourth-order valence-electron chi connectivity index (χ4n) is 5.40. The van der Waals surface area contributed by atoms with Gasteiger partial charge in [-0.25, -0.2) is 9.97 Å². The average molecular weight is 349 g/mol. The molecule has 5 rings (SSSR count). The molecule has 26 heavy (non-hydrogen) atoms. The first kappa shape index (κ1) is 16.2. The van der Waals surface area contributed by atoms with Crippen LogP contribution in [0.4, 0.5) is 11.5 Å². The summed E-state index contributed by atoms with van der Waals surface area (Å²) in [6, 6.07) is 6.62. The molecule has 2 aliphatic heterocycles. The lowest BCUT2D eigenvalue weighted by molar-refractivity contribution is 0.327. The van der Waals surface area contributed by atoms with Crippen LogP contribution in [0.1, 0.15) is 54.5 Å². The highest BCUT2D eigenvalue weighted by atomic mass is 15.2. The van der Waals surface area contributed by atoms with Gasteiger partial charge in [-0.15, -0.1) is 0 Å². The Bertz CT molecular complexity index is 840. The number of nitrogens with one attached hydrogen (secondary N) is 1. The van der Waals surface area contributed by atoms with Gasteiger partial charge >= 0.3 is 0 Å². The molecule has 1 atom stereocenters. The van der Waals surface area contributed by atoms with Crippen molar-refractivity contribution in [3.8, 4) is 0 Å². The van der Waals surface area contributed by atoms with Crippen LogP contribution in [0.15, 0.2) is 24.5 Å². The van der Waals surface area contributed by atoms with Gasteiger partial charge in [0.1, 0.15) is 12.1 Å². The zero-order valence-corrected chi connectivity index (χ0v) is 15.5. The van der Waals surface area contributed by atoms with E-state index in [2.05, 4.69) is 40.3 Å². The molecular weight excluding hydrogens is 322 g/mol. The SMILES string of the molecule is C[C@@H]1CCc2ncnc(N3CC4(CCNCC4)c4c(CN)cccc43)c21. The summed E-state index contributed by atoms with van der Waals surface area (Å²) in [6.45, 7) is 6.07. The third kappa shape index (κ3) is 2.23. The third-order valence-electron chi connectivity index (χ3n) is 6.70. The minimum atomic E-state index is 0.191. The Kier molecular flexibility index (Phi) is 3.76. The molecule has 3 aliphatic rings. The molecule has 2 aromatic rings. The van der Waals surface area contributed by atoms with E-state index in [0.717, 1.165) is 44.7 Å². The Hall–Kier alpha value is -1.98. The summed E-state index contributed by atoms with van der Waals surface area (Å²) in [5, 5.41) is 3.53. The summed E-state index contributed by atoms with van der Waals surface area (Å²) in [5.41, 5.74) is 13.0. The van der Waals surface area contributed by atoms with Crippen LogP contribution in [-0.2, 0) is 18.4 Å². The van der Waals surface area contributed by atoms with Crippen molar-refractivity contribution in [3.05, 3.63) is 46.9 Å². The summed E-state index contributed by atoms with van der Waals surface area (Å²) in [6.07, 6.45) is 6.34. The summed E-state index contributed by atoms with van der Waals surface area (Å²) in [4.78, 5) is 11.8. The molecule has 0 saturated carbocycles. The highest BCUT2D eigenvalue weighted by Crippen LogP contribution is 2.51. The van der Waals surface area contributed by atoms with Crippen molar-refractivity contribution in [2.24, 2.45) is 5.73 Å². The maximum atomic E-state index is 6.15. The Morgan fingerprint density at radius 3 is 2.92 bits per heavy atom. The molecule has 1 fully saturated rings. The van der Waals surface area contributed by atoms with E-state index in [9.17, 15) is 0 Å². The van der Waals surface area contributed by atoms with Crippen molar-refractivity contribution in [2.75, 3.05) is 24.5 Å². The standard InChI is InChI=1S/C21H27N5/c1-14-5-6-16-18(14)20(25-13-24-16)26-12-21(7-9-23-10-8-21)19-15(11-22)3-2-4-17(19)26/h2-4,13-14,23H,5-12,22H2,1H3/t14-/m1/s1. The van der Waals surface area contributed by atoms with Crippen molar-refractivity contribution in [2.45, 2.75) is 50.5 Å². The van der Waals surface area contributed by atoms with Crippen LogP contribution < -0.4 is 16.0 Å². The molecule has 1 aromatic carbocycles. The second-order valence-corrected chi connectivity index (χ2v) is 8.13. The Morgan fingerprint density at radius 2 is 2.12 bits per heavy atom. The van der Waals surface area contributed by atoms with E-state index in [4.69, 9.17) is 10.7 Å². The lowest BCUT2D eigenvalue weighted by Gasteiger charge is -2.36. The number of piperidine rings is 1. The molecule has 3 N–H and O–H groups in total. The molecule has 0 radical (unpaired) electrons. The van der Waals surface area contributed by atoms with Crippen molar-refractivity contribution in [1.82, 2.24) is 15.3 Å². The number of anilines is 2. The van der Waals surface area contributed by atoms with E-state index >= 15 is 0 Å². The van der Waals surface area contributed by atoms with Crippen molar-refractivity contribution >= 4 is 11.5 Å². The zero-order chi connectivity index (χ0) is 17.7. The van der Waals surface area contributed by atoms with E-state index in [-0.39, 0.29) is 5.41 Å². The monoisotopic (exact) mass is 349 g/mol. The number of benzene rings is 1. The van der Waals surface area contributed by atoms with Gasteiger partial charge in [0, 0.05) is 35.4 Å². The molecule has 0 unspecified atom stereocenters. The van der Waals surface area contributed by atoms with Gasteiger partial charge in [-0.3, -0.25) is 0 Å². The molecular formula is C21H27N5. The normalized spacial score (nSPS) is 23.3. The molecule has 0 amide bonds. The molecule has 5 heteroatoms. The first-order valence-corrected chi connectivity index (χ1v) is 9.88. The Balaban J connectivity index is 1.69. The van der Waals surface area contributed by atoms with Gasteiger partial charge in [0.15, 0.2) is 0 Å². The van der Waals surface area contributed by atoms with Gasteiger partial charge in [0.25, 0.3) is 0 Å². The molecule has 5 nitrogen and oxygen atoms in total. The number of nitrogens with two attached hydrogens (primary N) is 1. The summed E-state index contributed by atoms with van der Waals surface area (Å²) < 4.78 is 0. The van der Waals surface area contributed by atoms with Crippen molar-refractivity contribution < 1.29 is 0 Å². The predicted molar refractivity (Wildman–Crippen MR) is 104 cm³/mol. The maximum Gasteiger partial charge on any atom is 0.140 e. The lowest BCUT2D eigenvalue weighted by atomic mass is 9.73. The smallest absolute Gasteiger partial charge is 0.140 e. The number of hydrogen-bond acceptors (Lipinski definition) is 5. The lowest BCUT2D eigenvalue weighted by Crippen LogP contribution is -2.43. The highest BCUT2D eigenvalue weighted by Gasteiger charge is 2.46.